The Hall–Kier alpha value is -5.52. The third kappa shape index (κ3) is 6.13. The average Bonchev–Trinajstić information content (AvgIpc) is 3.79. The van der Waals surface area contributed by atoms with E-state index in [1.54, 1.807) is 0 Å². The molecule has 0 radical (unpaired) electrons. The molecule has 3 nitrogen and oxygen atoms in total. The first-order valence-corrected chi connectivity index (χ1v) is 22.8. The average molecular weight is 817 g/mol. The lowest BCUT2D eigenvalue weighted by Crippen LogP contribution is -2.61. The third-order valence-electron chi connectivity index (χ3n) is 13.4. The number of anilines is 6. The van der Waals surface area contributed by atoms with Crippen LogP contribution >= 0.6 is 11.3 Å². The molecule has 0 saturated heterocycles. The number of benzene rings is 6. The minimum Gasteiger partial charge on any atom is -0.464 e. The van der Waals surface area contributed by atoms with Crippen molar-refractivity contribution in [1.82, 2.24) is 0 Å². The molecule has 2 aliphatic rings. The van der Waals surface area contributed by atoms with Gasteiger partial charge in [0.2, 0.25) is 0 Å². The molecule has 0 fully saturated rings. The summed E-state index contributed by atoms with van der Waals surface area (Å²) in [5.41, 5.74) is 22.9. The zero-order valence-corrected chi connectivity index (χ0v) is 39.0. The van der Waals surface area contributed by atoms with Gasteiger partial charge in [-0.25, -0.2) is 0 Å². The van der Waals surface area contributed by atoms with Crippen LogP contribution < -0.4 is 26.2 Å². The number of hydrogen-bond donors (Lipinski definition) is 0. The van der Waals surface area contributed by atoms with Gasteiger partial charge in [0.15, 0.2) is 0 Å². The van der Waals surface area contributed by atoms with Crippen molar-refractivity contribution in [1.29, 1.82) is 0 Å². The van der Waals surface area contributed by atoms with Crippen LogP contribution in [0.2, 0.25) is 0 Å². The van der Waals surface area contributed by atoms with Crippen molar-refractivity contribution in [2.45, 2.75) is 106 Å². The molecule has 6 aromatic carbocycles. The second kappa shape index (κ2) is 13.5. The number of hydrogen-bond acceptors (Lipinski definition) is 4. The normalized spacial score (nSPS) is 13.9. The molecule has 0 bridgehead atoms. The van der Waals surface area contributed by atoms with Crippen LogP contribution in [0.5, 0.6) is 0 Å². The zero-order chi connectivity index (χ0) is 43.1. The van der Waals surface area contributed by atoms with Crippen LogP contribution in [0.25, 0.3) is 32.2 Å². The Labute approximate surface area is 367 Å². The van der Waals surface area contributed by atoms with Crippen LogP contribution in [0.1, 0.15) is 101 Å². The van der Waals surface area contributed by atoms with E-state index in [0.29, 0.717) is 0 Å². The molecule has 5 heteroatoms. The summed E-state index contributed by atoms with van der Waals surface area (Å²) in [4.78, 5) is 5.24. The molecule has 0 amide bonds. The van der Waals surface area contributed by atoms with Gasteiger partial charge < -0.3 is 14.2 Å². The van der Waals surface area contributed by atoms with Crippen molar-refractivity contribution in [2.75, 3.05) is 9.80 Å². The first-order valence-electron chi connectivity index (χ1n) is 22.0. The van der Waals surface area contributed by atoms with Gasteiger partial charge >= 0.3 is 0 Å². The molecule has 0 N–H and O–H groups in total. The summed E-state index contributed by atoms with van der Waals surface area (Å²) in [7, 11) is 0. The predicted molar refractivity (Wildman–Crippen MR) is 266 cm³/mol. The van der Waals surface area contributed by atoms with Crippen molar-refractivity contribution in [3.05, 3.63) is 148 Å². The Kier molecular flexibility index (Phi) is 8.76. The highest BCUT2D eigenvalue weighted by molar-refractivity contribution is 7.26. The van der Waals surface area contributed by atoms with Gasteiger partial charge in [0, 0.05) is 32.7 Å². The Morgan fingerprint density at radius 2 is 1.08 bits per heavy atom. The maximum atomic E-state index is 6.06. The molecule has 2 aromatic heterocycles. The number of para-hydroxylation sites is 1. The van der Waals surface area contributed by atoms with E-state index < -0.39 is 0 Å². The van der Waals surface area contributed by atoms with Gasteiger partial charge in [0.25, 0.3) is 6.71 Å². The van der Waals surface area contributed by atoms with Crippen molar-refractivity contribution in [2.24, 2.45) is 0 Å². The molecule has 4 heterocycles. The number of furan rings is 1. The molecule has 0 unspecified atom stereocenters. The molecule has 0 atom stereocenters. The van der Waals surface area contributed by atoms with E-state index in [1.807, 2.05) is 23.7 Å². The minimum absolute atomic E-state index is 0.0149. The van der Waals surface area contributed by atoms with Crippen LogP contribution in [-0.2, 0) is 16.2 Å². The lowest BCUT2D eigenvalue weighted by atomic mass is 9.33. The smallest absolute Gasteiger partial charge is 0.254 e. The number of rotatable bonds is 3. The van der Waals surface area contributed by atoms with Crippen LogP contribution in [0.15, 0.2) is 114 Å². The fourth-order valence-electron chi connectivity index (χ4n) is 10.3. The standard InChI is InChI=1S/C56H57BN2OS/c1-32-25-36(42-31-60-47-20-15-14-17-40(42)47)26-33(2)51(32)58-44-23-21-38(55(8,9)10)30-43(44)57-49-41-29-37(54(5,6)7)22-24-48(41)61-53(49)59(46-19-16-18-45(58)50(46)57)52-34(3)27-39(28-35(52)4)56(11,12)13/h14-31H,1-13H3. The predicted octanol–water partition coefficient (Wildman–Crippen LogP) is 14.5. The SMILES string of the molecule is Cc1cc(-c2coc3ccccc23)cc(C)c1N1c2ccc(C(C)(C)C)cc2B2c3c1cccc3N(c1c(C)cc(C(C)(C)C)cc1C)c1sc3ccc(C(C)(C)C)cc3c12. The summed E-state index contributed by atoms with van der Waals surface area (Å²) in [5.74, 6) is 0. The van der Waals surface area contributed by atoms with Gasteiger partial charge in [-0.05, 0) is 153 Å². The molecule has 0 saturated carbocycles. The van der Waals surface area contributed by atoms with Gasteiger partial charge in [0.05, 0.1) is 22.6 Å². The summed E-state index contributed by atoms with van der Waals surface area (Å²) in [6.45, 7) is 30.3. The topological polar surface area (TPSA) is 19.6 Å². The molecular formula is C56H57BN2OS. The molecular weight excluding hydrogens is 760 g/mol. The highest BCUT2D eigenvalue weighted by Gasteiger charge is 2.46. The third-order valence-corrected chi connectivity index (χ3v) is 14.6. The lowest BCUT2D eigenvalue weighted by molar-refractivity contribution is 0.589. The molecule has 306 valence electrons. The highest BCUT2D eigenvalue weighted by Crippen LogP contribution is 2.51. The van der Waals surface area contributed by atoms with Crippen molar-refractivity contribution in [3.8, 4) is 11.1 Å². The fourth-order valence-corrected chi connectivity index (χ4v) is 11.5. The minimum atomic E-state index is -0.0246. The quantitative estimate of drug-likeness (QED) is 0.166. The molecule has 2 aliphatic heterocycles. The Morgan fingerprint density at radius 3 is 1.74 bits per heavy atom. The fraction of sp³-hybridized carbons (Fsp3) is 0.286. The van der Waals surface area contributed by atoms with E-state index in [9.17, 15) is 0 Å². The zero-order valence-electron chi connectivity index (χ0n) is 38.2. The van der Waals surface area contributed by atoms with Gasteiger partial charge in [0.1, 0.15) is 5.58 Å². The molecule has 10 rings (SSSR count). The lowest BCUT2D eigenvalue weighted by Gasteiger charge is -2.44. The van der Waals surface area contributed by atoms with E-state index in [2.05, 4.69) is 197 Å². The maximum absolute atomic E-state index is 6.06. The van der Waals surface area contributed by atoms with E-state index in [-0.39, 0.29) is 23.0 Å². The summed E-state index contributed by atoms with van der Waals surface area (Å²) in [6.07, 6.45) is 1.92. The molecule has 0 spiro atoms. The number of aryl methyl sites for hydroxylation is 4. The van der Waals surface area contributed by atoms with Gasteiger partial charge in [-0.15, -0.1) is 11.3 Å². The van der Waals surface area contributed by atoms with Crippen LogP contribution in [0, 0.1) is 27.7 Å². The molecule has 0 aliphatic carbocycles. The van der Waals surface area contributed by atoms with Gasteiger partial charge in [-0.2, -0.15) is 0 Å². The van der Waals surface area contributed by atoms with Crippen molar-refractivity contribution < 1.29 is 4.42 Å². The van der Waals surface area contributed by atoms with Crippen molar-refractivity contribution in [3.63, 3.8) is 0 Å². The number of fused-ring (bicyclic) bond motifs is 7. The van der Waals surface area contributed by atoms with Crippen LogP contribution in [0.3, 0.4) is 0 Å². The molecule has 8 aromatic rings. The Morgan fingerprint density at radius 1 is 0.508 bits per heavy atom. The van der Waals surface area contributed by atoms with Crippen molar-refractivity contribution >= 4 is 88.9 Å². The van der Waals surface area contributed by atoms with E-state index >= 15 is 0 Å². The first-order chi connectivity index (χ1) is 28.8. The Balaban J connectivity index is 1.29. The summed E-state index contributed by atoms with van der Waals surface area (Å²) >= 11 is 1.95. The van der Waals surface area contributed by atoms with E-state index in [4.69, 9.17) is 4.42 Å². The van der Waals surface area contributed by atoms with Crippen LogP contribution in [0.4, 0.5) is 33.4 Å². The summed E-state index contributed by atoms with van der Waals surface area (Å²) in [6, 6.07) is 39.6. The monoisotopic (exact) mass is 816 g/mol. The summed E-state index contributed by atoms with van der Waals surface area (Å²) < 4.78 is 7.39. The van der Waals surface area contributed by atoms with E-state index in [1.165, 1.54) is 104 Å². The van der Waals surface area contributed by atoms with E-state index in [0.717, 1.165) is 16.5 Å². The second-order valence-corrected chi connectivity index (χ2v) is 22.0. The number of nitrogens with zero attached hydrogens (tertiary/aromatic N) is 2. The van der Waals surface area contributed by atoms with Gasteiger partial charge in [-0.1, -0.05) is 123 Å². The summed E-state index contributed by atoms with van der Waals surface area (Å²) in [5, 5.41) is 3.84. The van der Waals surface area contributed by atoms with Gasteiger partial charge in [-0.3, -0.25) is 0 Å². The second-order valence-electron chi connectivity index (χ2n) is 20.9. The van der Waals surface area contributed by atoms with Crippen LogP contribution in [-0.4, -0.2) is 6.71 Å². The highest BCUT2D eigenvalue weighted by atomic mass is 32.1. The largest absolute Gasteiger partial charge is 0.464 e. The molecule has 61 heavy (non-hydrogen) atoms. The first kappa shape index (κ1) is 39.6. The number of thiophene rings is 1. The Bertz CT molecular complexity index is 3060. The maximum Gasteiger partial charge on any atom is 0.254 e.